The molecule has 1 aromatic rings. The summed E-state index contributed by atoms with van der Waals surface area (Å²) in [6.07, 6.45) is 9.09. The summed E-state index contributed by atoms with van der Waals surface area (Å²) in [5, 5.41) is 0. The molecule has 2 nitrogen and oxygen atoms in total. The van der Waals surface area contributed by atoms with Gasteiger partial charge in [-0.25, -0.2) is 0 Å². The molecule has 0 aromatic carbocycles. The number of nitrogens with zero attached hydrogens (tertiary/aromatic N) is 1. The number of rotatable bonds is 3. The first-order valence-corrected chi connectivity index (χ1v) is 6.82. The van der Waals surface area contributed by atoms with Crippen molar-refractivity contribution in [3.8, 4) is 0 Å². The largest absolute Gasteiger partial charge is 0.335 e. The quantitative estimate of drug-likeness (QED) is 0.787. The molecule has 0 spiro atoms. The third-order valence-corrected chi connectivity index (χ3v) is 4.16. The summed E-state index contributed by atoms with van der Waals surface area (Å²) >= 11 is 5.27. The van der Waals surface area contributed by atoms with E-state index in [0.717, 1.165) is 23.2 Å². The lowest BCUT2D eigenvalue weighted by Crippen LogP contribution is -2.14. The molecule has 1 N–H and O–H groups in total. The Bertz CT molecular complexity index is 383. The van der Waals surface area contributed by atoms with E-state index < -0.39 is 0 Å². The molecule has 0 bridgehead atoms. The lowest BCUT2D eigenvalue weighted by molar-refractivity contribution is 0.268. The normalized spacial score (nSPS) is 25.9. The SMILES string of the molecule is Cc1cn(CCC2CCC(C)CC2)c(=S)[nH]1. The lowest BCUT2D eigenvalue weighted by atomic mass is 9.81. The number of hydrogen-bond donors (Lipinski definition) is 1. The van der Waals surface area contributed by atoms with Crippen molar-refractivity contribution >= 4 is 12.2 Å². The Labute approximate surface area is 103 Å². The van der Waals surface area contributed by atoms with E-state index in [1.165, 1.54) is 37.8 Å². The molecule has 90 valence electrons. The number of aromatic nitrogens is 2. The monoisotopic (exact) mass is 238 g/mol. The Morgan fingerprint density at radius 1 is 1.38 bits per heavy atom. The van der Waals surface area contributed by atoms with Crippen LogP contribution in [-0.4, -0.2) is 9.55 Å². The molecule has 1 heterocycles. The minimum absolute atomic E-state index is 0.877. The van der Waals surface area contributed by atoms with Crippen LogP contribution in [0.25, 0.3) is 0 Å². The highest BCUT2D eigenvalue weighted by Gasteiger charge is 2.17. The van der Waals surface area contributed by atoms with Crippen molar-refractivity contribution in [3.63, 3.8) is 0 Å². The fourth-order valence-corrected chi connectivity index (χ4v) is 2.98. The molecule has 0 radical (unpaired) electrons. The van der Waals surface area contributed by atoms with Gasteiger partial charge in [0.1, 0.15) is 0 Å². The Morgan fingerprint density at radius 3 is 2.62 bits per heavy atom. The summed E-state index contributed by atoms with van der Waals surface area (Å²) in [5.41, 5.74) is 1.17. The van der Waals surface area contributed by atoms with E-state index in [9.17, 15) is 0 Å². The number of aryl methyl sites for hydroxylation is 2. The van der Waals surface area contributed by atoms with Crippen molar-refractivity contribution in [2.45, 2.75) is 52.5 Å². The molecule has 16 heavy (non-hydrogen) atoms. The van der Waals surface area contributed by atoms with Crippen molar-refractivity contribution in [2.75, 3.05) is 0 Å². The third kappa shape index (κ3) is 2.97. The van der Waals surface area contributed by atoms with E-state index in [2.05, 4.69) is 29.6 Å². The van der Waals surface area contributed by atoms with Crippen LogP contribution < -0.4 is 0 Å². The zero-order valence-electron chi connectivity index (χ0n) is 10.3. The molecule has 0 amide bonds. The highest BCUT2D eigenvalue weighted by atomic mass is 32.1. The molecule has 1 aromatic heterocycles. The Kier molecular flexibility index (Phi) is 3.85. The molecule has 0 saturated heterocycles. The van der Waals surface area contributed by atoms with E-state index >= 15 is 0 Å². The van der Waals surface area contributed by atoms with Gasteiger partial charge in [0.15, 0.2) is 4.77 Å². The number of hydrogen-bond acceptors (Lipinski definition) is 1. The molecule has 2 rings (SSSR count). The first-order valence-electron chi connectivity index (χ1n) is 6.41. The van der Waals surface area contributed by atoms with Crippen LogP contribution in [-0.2, 0) is 6.54 Å². The maximum atomic E-state index is 5.27. The zero-order chi connectivity index (χ0) is 11.5. The van der Waals surface area contributed by atoms with Gasteiger partial charge in [-0.05, 0) is 37.4 Å². The van der Waals surface area contributed by atoms with Crippen molar-refractivity contribution in [2.24, 2.45) is 11.8 Å². The van der Waals surface area contributed by atoms with Gasteiger partial charge < -0.3 is 9.55 Å². The molecule has 3 heteroatoms. The number of nitrogens with one attached hydrogen (secondary N) is 1. The minimum atomic E-state index is 0.877. The Morgan fingerprint density at radius 2 is 2.06 bits per heavy atom. The zero-order valence-corrected chi connectivity index (χ0v) is 11.1. The summed E-state index contributed by atoms with van der Waals surface area (Å²) in [5.74, 6) is 1.88. The smallest absolute Gasteiger partial charge is 0.177 e. The Hall–Kier alpha value is -0.570. The summed E-state index contributed by atoms with van der Waals surface area (Å²) in [7, 11) is 0. The third-order valence-electron chi connectivity index (χ3n) is 3.83. The second kappa shape index (κ2) is 5.17. The molecule has 0 atom stereocenters. The first-order chi connectivity index (χ1) is 7.65. The van der Waals surface area contributed by atoms with Crippen molar-refractivity contribution in [1.29, 1.82) is 0 Å². The highest BCUT2D eigenvalue weighted by Crippen LogP contribution is 2.30. The van der Waals surface area contributed by atoms with Crippen LogP contribution in [0.2, 0.25) is 0 Å². The second-order valence-corrected chi connectivity index (χ2v) is 5.74. The molecule has 1 fully saturated rings. The molecule has 0 unspecified atom stereocenters. The van der Waals surface area contributed by atoms with E-state index in [4.69, 9.17) is 12.2 Å². The first kappa shape index (κ1) is 11.9. The van der Waals surface area contributed by atoms with Gasteiger partial charge in [-0.15, -0.1) is 0 Å². The van der Waals surface area contributed by atoms with Crippen LogP contribution in [0, 0.1) is 23.5 Å². The summed E-state index contributed by atoms with van der Waals surface area (Å²) < 4.78 is 3.06. The molecule has 0 aliphatic heterocycles. The fourth-order valence-electron chi connectivity index (χ4n) is 2.67. The van der Waals surface area contributed by atoms with Crippen molar-refractivity contribution in [3.05, 3.63) is 16.7 Å². The van der Waals surface area contributed by atoms with E-state index in [0.29, 0.717) is 0 Å². The van der Waals surface area contributed by atoms with Gasteiger partial charge in [0.2, 0.25) is 0 Å². The van der Waals surface area contributed by atoms with Gasteiger partial charge in [-0.2, -0.15) is 0 Å². The van der Waals surface area contributed by atoms with Gasteiger partial charge in [-0.3, -0.25) is 0 Å². The van der Waals surface area contributed by atoms with Crippen LogP contribution in [0.3, 0.4) is 0 Å². The van der Waals surface area contributed by atoms with Gasteiger partial charge in [-0.1, -0.05) is 32.6 Å². The maximum Gasteiger partial charge on any atom is 0.177 e. The maximum absolute atomic E-state index is 5.27. The second-order valence-electron chi connectivity index (χ2n) is 5.35. The van der Waals surface area contributed by atoms with Crippen LogP contribution in [0.4, 0.5) is 0 Å². The van der Waals surface area contributed by atoms with Crippen LogP contribution >= 0.6 is 12.2 Å². The van der Waals surface area contributed by atoms with Crippen molar-refractivity contribution < 1.29 is 0 Å². The topological polar surface area (TPSA) is 20.7 Å². The number of imidazole rings is 1. The van der Waals surface area contributed by atoms with Crippen LogP contribution in [0.15, 0.2) is 6.20 Å². The fraction of sp³-hybridized carbons (Fsp3) is 0.769. The lowest BCUT2D eigenvalue weighted by Gasteiger charge is -2.26. The standard InChI is InChI=1S/C13H22N2S/c1-10-3-5-12(6-4-10)7-8-15-9-11(2)14-13(15)16/h9-10,12H,3-8H2,1-2H3,(H,14,16). The summed E-state index contributed by atoms with van der Waals surface area (Å²) in [4.78, 5) is 3.18. The average Bonchev–Trinajstić information content (AvgIpc) is 2.57. The van der Waals surface area contributed by atoms with E-state index in [1.807, 2.05) is 0 Å². The highest BCUT2D eigenvalue weighted by molar-refractivity contribution is 7.71. The van der Waals surface area contributed by atoms with Gasteiger partial charge in [0, 0.05) is 18.4 Å². The van der Waals surface area contributed by atoms with Gasteiger partial charge >= 0.3 is 0 Å². The molecule has 1 saturated carbocycles. The average molecular weight is 238 g/mol. The van der Waals surface area contributed by atoms with Gasteiger partial charge in [0.25, 0.3) is 0 Å². The Balaban J connectivity index is 1.83. The van der Waals surface area contributed by atoms with E-state index in [-0.39, 0.29) is 0 Å². The predicted octanol–water partition coefficient (Wildman–Crippen LogP) is 4.07. The summed E-state index contributed by atoms with van der Waals surface area (Å²) in [6, 6.07) is 0. The molecular weight excluding hydrogens is 216 g/mol. The molecular formula is C13H22N2S. The van der Waals surface area contributed by atoms with Crippen molar-refractivity contribution in [1.82, 2.24) is 9.55 Å². The molecule has 1 aliphatic rings. The van der Waals surface area contributed by atoms with Crippen LogP contribution in [0.5, 0.6) is 0 Å². The van der Waals surface area contributed by atoms with Crippen LogP contribution in [0.1, 0.15) is 44.7 Å². The van der Waals surface area contributed by atoms with E-state index in [1.54, 1.807) is 0 Å². The predicted molar refractivity (Wildman–Crippen MR) is 70.1 cm³/mol. The molecule has 1 aliphatic carbocycles. The summed E-state index contributed by atoms with van der Waals surface area (Å²) in [6.45, 7) is 5.53. The number of aromatic amines is 1. The minimum Gasteiger partial charge on any atom is -0.335 e. The van der Waals surface area contributed by atoms with Gasteiger partial charge in [0.05, 0.1) is 0 Å². The number of H-pyrrole nitrogens is 1.